The molecule has 1 aliphatic rings. The first-order chi connectivity index (χ1) is 12.1. The molecule has 5 nitrogen and oxygen atoms in total. The highest BCUT2D eigenvalue weighted by Gasteiger charge is 2.21. The summed E-state index contributed by atoms with van der Waals surface area (Å²) in [4.78, 5) is 34.7. The van der Waals surface area contributed by atoms with Gasteiger partial charge in [0.25, 0.3) is 5.56 Å². The summed E-state index contributed by atoms with van der Waals surface area (Å²) in [5.41, 5.74) is 1.08. The second-order valence-corrected chi connectivity index (χ2v) is 8.51. The van der Waals surface area contributed by atoms with Crippen molar-refractivity contribution in [2.45, 2.75) is 38.8 Å². The predicted octanol–water partition coefficient (Wildman–Crippen LogP) is 3.06. The number of hydrogen-bond acceptors (Lipinski definition) is 5. The van der Waals surface area contributed by atoms with Gasteiger partial charge < -0.3 is 4.90 Å². The van der Waals surface area contributed by atoms with Crippen molar-refractivity contribution >= 4 is 38.8 Å². The molecule has 4 rings (SSSR count). The molecule has 1 aliphatic carbocycles. The monoisotopic (exact) mass is 373 g/mol. The fraction of sp³-hybridized carbons (Fsp3) is 0.389. The van der Waals surface area contributed by atoms with Crippen LogP contribution in [0.15, 0.2) is 28.6 Å². The Hall–Kier alpha value is -1.99. The van der Waals surface area contributed by atoms with Crippen molar-refractivity contribution < 1.29 is 4.79 Å². The fourth-order valence-electron chi connectivity index (χ4n) is 3.28. The van der Waals surface area contributed by atoms with E-state index in [2.05, 4.69) is 4.98 Å². The highest BCUT2D eigenvalue weighted by Crippen LogP contribution is 2.33. The average Bonchev–Trinajstić information content (AvgIpc) is 3.24. The number of likely N-dealkylation sites (N-methyl/N-ethyl adjacent to an activating group) is 1. The van der Waals surface area contributed by atoms with Crippen molar-refractivity contribution in [3.63, 3.8) is 0 Å². The number of carbonyl (C=O) groups is 1. The number of fused-ring (bicyclic) bond motifs is 3. The molecule has 0 bridgehead atoms. The maximum Gasteiger partial charge on any atom is 0.262 e. The lowest BCUT2D eigenvalue weighted by molar-refractivity contribution is -0.131. The van der Waals surface area contributed by atoms with Gasteiger partial charge in [0.15, 0.2) is 0 Å². The lowest BCUT2D eigenvalue weighted by atomic mass is 9.97. The lowest BCUT2D eigenvalue weighted by Crippen LogP contribution is -2.33. The van der Waals surface area contributed by atoms with E-state index in [0.717, 1.165) is 39.9 Å². The summed E-state index contributed by atoms with van der Waals surface area (Å²) in [7, 11) is 1.77. The van der Waals surface area contributed by atoms with E-state index in [1.54, 1.807) is 34.6 Å². The van der Waals surface area contributed by atoms with Crippen LogP contribution in [0.4, 0.5) is 0 Å². The van der Waals surface area contributed by atoms with E-state index in [1.807, 2.05) is 17.5 Å². The first-order valence-corrected chi connectivity index (χ1v) is 10.1. The molecule has 25 heavy (non-hydrogen) atoms. The molecule has 0 aliphatic heterocycles. The van der Waals surface area contributed by atoms with E-state index in [9.17, 15) is 9.59 Å². The Morgan fingerprint density at radius 2 is 2.20 bits per heavy atom. The summed E-state index contributed by atoms with van der Waals surface area (Å²) < 4.78 is 1.46. The molecule has 0 spiro atoms. The third-order valence-corrected chi connectivity index (χ3v) is 6.71. The van der Waals surface area contributed by atoms with Crippen LogP contribution in [-0.4, -0.2) is 27.4 Å². The van der Waals surface area contributed by atoms with E-state index in [-0.39, 0.29) is 18.0 Å². The highest BCUT2D eigenvalue weighted by atomic mass is 32.1. The van der Waals surface area contributed by atoms with E-state index in [0.29, 0.717) is 6.54 Å². The van der Waals surface area contributed by atoms with Crippen LogP contribution in [0, 0.1) is 0 Å². The molecule has 130 valence electrons. The van der Waals surface area contributed by atoms with E-state index in [1.165, 1.54) is 22.2 Å². The zero-order valence-electron chi connectivity index (χ0n) is 14.0. The van der Waals surface area contributed by atoms with Crippen LogP contribution in [0.2, 0.25) is 0 Å². The minimum atomic E-state index is -0.0826. The van der Waals surface area contributed by atoms with Gasteiger partial charge in [-0.25, -0.2) is 4.98 Å². The zero-order valence-corrected chi connectivity index (χ0v) is 15.7. The van der Waals surface area contributed by atoms with Crippen LogP contribution in [-0.2, 0) is 30.7 Å². The standard InChI is InChI=1S/C18H19N3O2S2/c1-20(9-12-5-4-8-24-12)15(22)10-21-11-19-17-16(18(21)23)13-6-2-3-7-14(13)25-17/h4-5,8,11H,2-3,6-7,9-10H2,1H3. The molecule has 3 heterocycles. The maximum atomic E-state index is 12.9. The van der Waals surface area contributed by atoms with Gasteiger partial charge in [-0.2, -0.15) is 0 Å². The molecule has 1 amide bonds. The second kappa shape index (κ2) is 6.72. The number of nitrogens with zero attached hydrogens (tertiary/aromatic N) is 3. The topological polar surface area (TPSA) is 55.2 Å². The Morgan fingerprint density at radius 1 is 1.36 bits per heavy atom. The molecule has 0 unspecified atom stereocenters. The van der Waals surface area contributed by atoms with Gasteiger partial charge in [0.1, 0.15) is 11.4 Å². The molecule has 7 heteroatoms. The van der Waals surface area contributed by atoms with E-state index in [4.69, 9.17) is 0 Å². The summed E-state index contributed by atoms with van der Waals surface area (Å²) in [6.07, 6.45) is 5.81. The Kier molecular flexibility index (Phi) is 4.43. The van der Waals surface area contributed by atoms with Gasteiger partial charge in [-0.15, -0.1) is 22.7 Å². The maximum absolute atomic E-state index is 12.9. The second-order valence-electron chi connectivity index (χ2n) is 6.40. The zero-order chi connectivity index (χ0) is 17.4. The highest BCUT2D eigenvalue weighted by molar-refractivity contribution is 7.18. The van der Waals surface area contributed by atoms with Crippen molar-refractivity contribution in [2.24, 2.45) is 0 Å². The van der Waals surface area contributed by atoms with Gasteiger partial charge in [0.2, 0.25) is 5.91 Å². The van der Waals surface area contributed by atoms with Gasteiger partial charge >= 0.3 is 0 Å². The summed E-state index contributed by atoms with van der Waals surface area (Å²) in [6, 6.07) is 3.98. The molecule has 0 radical (unpaired) electrons. The Balaban J connectivity index is 1.60. The van der Waals surface area contributed by atoms with Gasteiger partial charge in [0.05, 0.1) is 18.3 Å². The number of carbonyl (C=O) groups excluding carboxylic acids is 1. The van der Waals surface area contributed by atoms with E-state index < -0.39 is 0 Å². The van der Waals surface area contributed by atoms with Crippen LogP contribution < -0.4 is 5.56 Å². The third kappa shape index (κ3) is 3.14. The quantitative estimate of drug-likeness (QED) is 0.706. The minimum Gasteiger partial charge on any atom is -0.339 e. The number of rotatable bonds is 4. The Morgan fingerprint density at radius 3 is 3.00 bits per heavy atom. The van der Waals surface area contributed by atoms with Gasteiger partial charge in [-0.1, -0.05) is 6.07 Å². The molecule has 0 N–H and O–H groups in total. The fourth-order valence-corrected chi connectivity index (χ4v) is 5.26. The van der Waals surface area contributed by atoms with Crippen LogP contribution in [0.1, 0.15) is 28.2 Å². The van der Waals surface area contributed by atoms with Crippen molar-refractivity contribution in [3.05, 3.63) is 49.5 Å². The Bertz CT molecular complexity index is 972. The number of thiophene rings is 2. The molecule has 0 atom stereocenters. The van der Waals surface area contributed by atoms with Crippen LogP contribution in [0.25, 0.3) is 10.2 Å². The van der Waals surface area contributed by atoms with Gasteiger partial charge in [-0.05, 0) is 42.7 Å². The van der Waals surface area contributed by atoms with Crippen LogP contribution in [0.5, 0.6) is 0 Å². The van der Waals surface area contributed by atoms with Crippen molar-refractivity contribution in [3.8, 4) is 0 Å². The molecule has 0 saturated heterocycles. The number of aryl methyl sites for hydroxylation is 2. The third-order valence-electron chi connectivity index (χ3n) is 4.65. The van der Waals surface area contributed by atoms with Crippen molar-refractivity contribution in [2.75, 3.05) is 7.05 Å². The summed E-state index contributed by atoms with van der Waals surface area (Å²) >= 11 is 3.26. The molecular formula is C18H19N3O2S2. The van der Waals surface area contributed by atoms with Gasteiger partial charge in [0, 0.05) is 16.8 Å². The molecule has 0 aromatic carbocycles. The average molecular weight is 374 g/mol. The smallest absolute Gasteiger partial charge is 0.262 e. The summed E-state index contributed by atoms with van der Waals surface area (Å²) in [5.74, 6) is -0.0826. The van der Waals surface area contributed by atoms with Crippen molar-refractivity contribution in [1.82, 2.24) is 14.5 Å². The predicted molar refractivity (Wildman–Crippen MR) is 101 cm³/mol. The summed E-state index contributed by atoms with van der Waals surface area (Å²) in [6.45, 7) is 0.600. The Labute approximate surface area is 153 Å². The molecule has 3 aromatic heterocycles. The number of aromatic nitrogens is 2. The SMILES string of the molecule is CN(Cc1cccs1)C(=O)Cn1cnc2sc3c(c2c1=O)CCCC3. The first kappa shape index (κ1) is 16.5. The molecule has 3 aromatic rings. The summed E-state index contributed by atoms with van der Waals surface area (Å²) in [5, 5.41) is 2.73. The molecule has 0 fully saturated rings. The number of hydrogen-bond donors (Lipinski definition) is 0. The minimum absolute atomic E-state index is 0.0360. The van der Waals surface area contributed by atoms with Crippen LogP contribution in [0.3, 0.4) is 0 Å². The largest absolute Gasteiger partial charge is 0.339 e. The molecular weight excluding hydrogens is 354 g/mol. The normalized spacial score (nSPS) is 13.8. The first-order valence-electron chi connectivity index (χ1n) is 8.39. The van der Waals surface area contributed by atoms with Gasteiger partial charge in [-0.3, -0.25) is 14.2 Å². The number of amides is 1. The van der Waals surface area contributed by atoms with Crippen LogP contribution >= 0.6 is 22.7 Å². The molecule has 0 saturated carbocycles. The van der Waals surface area contributed by atoms with E-state index >= 15 is 0 Å². The van der Waals surface area contributed by atoms with Crippen molar-refractivity contribution in [1.29, 1.82) is 0 Å². The lowest BCUT2D eigenvalue weighted by Gasteiger charge is -2.17.